The molecule has 6 heteroatoms. The Labute approximate surface area is 181 Å². The Morgan fingerprint density at radius 3 is 2.39 bits per heavy atom. The predicted molar refractivity (Wildman–Crippen MR) is 121 cm³/mol. The lowest BCUT2D eigenvalue weighted by molar-refractivity contribution is 0.0754. The van der Waals surface area contributed by atoms with Crippen LogP contribution in [-0.2, 0) is 4.74 Å². The van der Waals surface area contributed by atoms with Crippen molar-refractivity contribution in [2.45, 2.75) is 19.3 Å². The van der Waals surface area contributed by atoms with Crippen LogP contribution in [0, 0.1) is 5.92 Å². The van der Waals surface area contributed by atoms with Gasteiger partial charge in [-0.1, -0.05) is 60.7 Å². The minimum absolute atomic E-state index is 0.158. The molecule has 2 heterocycles. The topological polar surface area (TPSA) is 75.3 Å². The number of likely N-dealkylation sites (tertiary alicyclic amines) is 1. The molecular weight excluding hydrogens is 390 g/mol. The van der Waals surface area contributed by atoms with Crippen molar-refractivity contribution in [3.8, 4) is 22.4 Å². The number of nitrogens with one attached hydrogen (secondary N) is 1. The Kier molecular flexibility index (Phi) is 6.57. The minimum Gasteiger partial charge on any atom is -0.384 e. The zero-order valence-corrected chi connectivity index (χ0v) is 17.7. The molecule has 0 aliphatic carbocycles. The van der Waals surface area contributed by atoms with Gasteiger partial charge in [-0.3, -0.25) is 9.59 Å². The lowest BCUT2D eigenvalue weighted by atomic mass is 9.95. The molecule has 1 saturated heterocycles. The van der Waals surface area contributed by atoms with Crippen LogP contribution in [0.5, 0.6) is 0 Å². The van der Waals surface area contributed by atoms with Crippen molar-refractivity contribution in [1.82, 2.24) is 15.1 Å². The summed E-state index contributed by atoms with van der Waals surface area (Å²) in [4.78, 5) is 28.4. The van der Waals surface area contributed by atoms with Crippen LogP contribution in [0.25, 0.3) is 22.4 Å². The number of H-pyrrole nitrogens is 1. The van der Waals surface area contributed by atoms with Crippen LogP contribution in [0.2, 0.25) is 0 Å². The van der Waals surface area contributed by atoms with Gasteiger partial charge in [-0.25, -0.2) is 5.10 Å². The van der Waals surface area contributed by atoms with E-state index in [2.05, 4.69) is 10.2 Å². The van der Waals surface area contributed by atoms with E-state index >= 15 is 0 Å². The molecule has 1 atom stereocenters. The zero-order valence-electron chi connectivity index (χ0n) is 17.7. The van der Waals surface area contributed by atoms with Gasteiger partial charge in [0.2, 0.25) is 0 Å². The molecule has 1 fully saturated rings. The second kappa shape index (κ2) is 9.71. The van der Waals surface area contributed by atoms with Gasteiger partial charge in [-0.2, -0.15) is 5.10 Å². The number of aromatic nitrogens is 2. The van der Waals surface area contributed by atoms with Gasteiger partial charge in [0.05, 0.1) is 5.69 Å². The number of ether oxygens (including phenoxy) is 1. The standard InChI is InChI=1S/C25H27N3O3/c1-31-17-18-9-8-15-28(16-14-18)25(30)22-21(19-10-4-2-5-11-19)23(26-27-24(22)29)20-12-6-3-7-13-20/h2-7,10-13,18H,8-9,14-17H2,1H3,(H,27,29). The Balaban J connectivity index is 1.80. The molecule has 0 spiro atoms. The molecule has 1 aliphatic rings. The highest BCUT2D eigenvalue weighted by atomic mass is 16.5. The first-order valence-electron chi connectivity index (χ1n) is 10.7. The maximum absolute atomic E-state index is 13.7. The highest BCUT2D eigenvalue weighted by Crippen LogP contribution is 2.32. The number of carbonyl (C=O) groups is 1. The van der Waals surface area contributed by atoms with E-state index in [-0.39, 0.29) is 11.5 Å². The van der Waals surface area contributed by atoms with Crippen LogP contribution in [0.3, 0.4) is 0 Å². The summed E-state index contributed by atoms with van der Waals surface area (Å²) in [6.07, 6.45) is 2.79. The molecule has 1 amide bonds. The van der Waals surface area contributed by atoms with Crippen LogP contribution < -0.4 is 5.56 Å². The molecule has 1 unspecified atom stereocenters. The Hall–Kier alpha value is -3.25. The van der Waals surface area contributed by atoms with Crippen LogP contribution >= 0.6 is 0 Å². The van der Waals surface area contributed by atoms with Crippen molar-refractivity contribution >= 4 is 5.91 Å². The molecular formula is C25H27N3O3. The minimum atomic E-state index is -0.457. The van der Waals surface area contributed by atoms with Crippen molar-refractivity contribution in [1.29, 1.82) is 0 Å². The van der Waals surface area contributed by atoms with E-state index in [0.29, 0.717) is 36.9 Å². The van der Waals surface area contributed by atoms with Gasteiger partial charge in [-0.15, -0.1) is 0 Å². The quantitative estimate of drug-likeness (QED) is 0.681. The van der Waals surface area contributed by atoms with E-state index in [4.69, 9.17) is 4.74 Å². The summed E-state index contributed by atoms with van der Waals surface area (Å²) < 4.78 is 5.31. The molecule has 160 valence electrons. The van der Waals surface area contributed by atoms with Gasteiger partial charge in [0.25, 0.3) is 11.5 Å². The van der Waals surface area contributed by atoms with Crippen molar-refractivity contribution in [2.24, 2.45) is 5.92 Å². The highest BCUT2D eigenvalue weighted by Gasteiger charge is 2.28. The lowest BCUT2D eigenvalue weighted by Crippen LogP contribution is -2.36. The molecule has 0 saturated carbocycles. The lowest BCUT2D eigenvalue weighted by Gasteiger charge is -2.22. The van der Waals surface area contributed by atoms with Gasteiger partial charge < -0.3 is 9.64 Å². The number of hydrogen-bond donors (Lipinski definition) is 1. The first-order chi connectivity index (χ1) is 15.2. The summed E-state index contributed by atoms with van der Waals surface area (Å²) in [6.45, 7) is 1.95. The summed E-state index contributed by atoms with van der Waals surface area (Å²) in [5.74, 6) is 0.199. The third kappa shape index (κ3) is 4.59. The molecule has 0 bridgehead atoms. The normalized spacial score (nSPS) is 16.7. The molecule has 31 heavy (non-hydrogen) atoms. The van der Waals surface area contributed by atoms with Gasteiger partial charge in [-0.05, 0) is 30.7 Å². The van der Waals surface area contributed by atoms with Gasteiger partial charge in [0.1, 0.15) is 5.56 Å². The SMILES string of the molecule is COCC1CCCN(C(=O)c2c(-c3ccccc3)c(-c3ccccc3)n[nH]c2=O)CC1. The van der Waals surface area contributed by atoms with Crippen LogP contribution in [0.15, 0.2) is 65.5 Å². The number of hydrogen-bond acceptors (Lipinski definition) is 4. The zero-order chi connectivity index (χ0) is 21.6. The number of aromatic amines is 1. The first kappa shape index (κ1) is 21.0. The van der Waals surface area contributed by atoms with E-state index < -0.39 is 5.56 Å². The predicted octanol–water partition coefficient (Wildman–Crippen LogP) is 3.99. The maximum atomic E-state index is 13.7. The second-order valence-corrected chi connectivity index (χ2v) is 7.93. The van der Waals surface area contributed by atoms with Crippen LogP contribution in [0.4, 0.5) is 0 Å². The highest BCUT2D eigenvalue weighted by molar-refractivity contribution is 6.03. The molecule has 1 N–H and O–H groups in total. The fourth-order valence-corrected chi connectivity index (χ4v) is 4.27. The van der Waals surface area contributed by atoms with E-state index in [1.807, 2.05) is 60.7 Å². The molecule has 6 nitrogen and oxygen atoms in total. The summed E-state index contributed by atoms with van der Waals surface area (Å²) in [7, 11) is 1.71. The number of carbonyl (C=O) groups excluding carboxylic acids is 1. The molecule has 0 radical (unpaired) electrons. The fraction of sp³-hybridized carbons (Fsp3) is 0.320. The van der Waals surface area contributed by atoms with Gasteiger partial charge in [0.15, 0.2) is 0 Å². The smallest absolute Gasteiger partial charge is 0.277 e. The van der Waals surface area contributed by atoms with Gasteiger partial charge >= 0.3 is 0 Å². The fourth-order valence-electron chi connectivity index (χ4n) is 4.27. The summed E-state index contributed by atoms with van der Waals surface area (Å²) in [5.41, 5.74) is 2.53. The van der Waals surface area contributed by atoms with Crippen molar-refractivity contribution < 1.29 is 9.53 Å². The van der Waals surface area contributed by atoms with E-state index in [0.717, 1.165) is 30.4 Å². The van der Waals surface area contributed by atoms with E-state index in [9.17, 15) is 9.59 Å². The number of benzene rings is 2. The summed E-state index contributed by atoms with van der Waals surface area (Å²) in [5, 5.41) is 6.91. The van der Waals surface area contributed by atoms with E-state index in [1.165, 1.54) is 0 Å². The second-order valence-electron chi connectivity index (χ2n) is 7.93. The Morgan fingerprint density at radius 1 is 1.03 bits per heavy atom. The average Bonchev–Trinajstić information content (AvgIpc) is 3.05. The van der Waals surface area contributed by atoms with Crippen molar-refractivity contribution in [3.05, 3.63) is 76.6 Å². The molecule has 1 aliphatic heterocycles. The third-order valence-electron chi connectivity index (χ3n) is 5.84. The van der Waals surface area contributed by atoms with Gasteiger partial charge in [0, 0.05) is 37.9 Å². The largest absolute Gasteiger partial charge is 0.384 e. The monoisotopic (exact) mass is 417 g/mol. The first-order valence-corrected chi connectivity index (χ1v) is 10.7. The summed E-state index contributed by atoms with van der Waals surface area (Å²) in [6, 6.07) is 19.2. The maximum Gasteiger partial charge on any atom is 0.277 e. The number of nitrogens with zero attached hydrogens (tertiary/aromatic N) is 2. The number of methoxy groups -OCH3 is 1. The molecule has 4 rings (SSSR count). The summed E-state index contributed by atoms with van der Waals surface area (Å²) >= 11 is 0. The van der Waals surface area contributed by atoms with Crippen LogP contribution in [-0.4, -0.2) is 47.8 Å². The molecule has 1 aromatic heterocycles. The molecule has 2 aromatic carbocycles. The Morgan fingerprint density at radius 2 is 1.71 bits per heavy atom. The number of rotatable bonds is 5. The van der Waals surface area contributed by atoms with Crippen molar-refractivity contribution in [3.63, 3.8) is 0 Å². The number of amides is 1. The molecule has 3 aromatic rings. The Bertz CT molecular complexity index is 1080. The van der Waals surface area contributed by atoms with Crippen molar-refractivity contribution in [2.75, 3.05) is 26.8 Å². The average molecular weight is 418 g/mol. The van der Waals surface area contributed by atoms with Crippen LogP contribution in [0.1, 0.15) is 29.6 Å². The van der Waals surface area contributed by atoms with E-state index in [1.54, 1.807) is 12.0 Å². The third-order valence-corrected chi connectivity index (χ3v) is 5.84.